The highest BCUT2D eigenvalue weighted by Crippen LogP contribution is 2.45. The third kappa shape index (κ3) is 2.24. The minimum atomic E-state index is -0.465. The zero-order valence-electron chi connectivity index (χ0n) is 11.0. The van der Waals surface area contributed by atoms with Crippen molar-refractivity contribution in [1.82, 2.24) is 10.0 Å². The summed E-state index contributed by atoms with van der Waals surface area (Å²) in [6, 6.07) is 4.08. The molecule has 5 nitrogen and oxygen atoms in total. The fourth-order valence-corrected chi connectivity index (χ4v) is 3.06. The number of fused-ring (bicyclic) bond motifs is 2. The number of hydroxylamine groups is 2. The Bertz CT molecular complexity index is 451. The number of ether oxygens (including phenoxy) is 1. The average molecular weight is 262 g/mol. The van der Waals surface area contributed by atoms with Crippen molar-refractivity contribution in [3.63, 3.8) is 0 Å². The second-order valence-corrected chi connectivity index (χ2v) is 4.96. The van der Waals surface area contributed by atoms with Gasteiger partial charge in [0.2, 0.25) is 0 Å². The third-order valence-electron chi connectivity index (χ3n) is 3.81. The summed E-state index contributed by atoms with van der Waals surface area (Å²) in [5.74, 6) is -0.0807. The van der Waals surface area contributed by atoms with Gasteiger partial charge < -0.3 is 4.74 Å². The molecule has 4 atom stereocenters. The molecule has 0 aliphatic carbocycles. The number of carbonyl (C=O) groups excluding carboxylic acids is 1. The van der Waals surface area contributed by atoms with E-state index >= 15 is 0 Å². The molecule has 2 bridgehead atoms. The number of pyridine rings is 1. The Labute approximate surface area is 112 Å². The predicted molar refractivity (Wildman–Crippen MR) is 67.9 cm³/mol. The van der Waals surface area contributed by atoms with Crippen LogP contribution in [0, 0.1) is 5.92 Å². The van der Waals surface area contributed by atoms with Crippen molar-refractivity contribution in [3.8, 4) is 0 Å². The van der Waals surface area contributed by atoms with Crippen molar-refractivity contribution < 1.29 is 14.4 Å². The first-order valence-electron chi connectivity index (χ1n) is 6.81. The van der Waals surface area contributed by atoms with Crippen LogP contribution in [-0.4, -0.2) is 35.3 Å². The SMILES string of the molecule is CCOC(=O)[C@@H]1ON2CCC[C@H]1[C@@H]2c1cccnc1. The molecule has 0 aromatic carbocycles. The van der Waals surface area contributed by atoms with E-state index in [4.69, 9.17) is 9.57 Å². The van der Waals surface area contributed by atoms with E-state index in [1.807, 2.05) is 30.3 Å². The Morgan fingerprint density at radius 3 is 3.26 bits per heavy atom. The van der Waals surface area contributed by atoms with E-state index in [1.54, 1.807) is 6.20 Å². The van der Waals surface area contributed by atoms with E-state index in [-0.39, 0.29) is 17.9 Å². The molecule has 1 aromatic rings. The van der Waals surface area contributed by atoms with Crippen LogP contribution in [0.1, 0.15) is 31.4 Å². The van der Waals surface area contributed by atoms with Crippen molar-refractivity contribution in [2.45, 2.75) is 31.9 Å². The largest absolute Gasteiger partial charge is 0.464 e. The van der Waals surface area contributed by atoms with E-state index < -0.39 is 6.10 Å². The molecule has 19 heavy (non-hydrogen) atoms. The first-order chi connectivity index (χ1) is 9.31. The lowest BCUT2D eigenvalue weighted by Gasteiger charge is -2.30. The van der Waals surface area contributed by atoms with Crippen LogP contribution in [0.2, 0.25) is 0 Å². The van der Waals surface area contributed by atoms with Crippen LogP contribution in [0.15, 0.2) is 24.5 Å². The van der Waals surface area contributed by atoms with Gasteiger partial charge in [-0.2, -0.15) is 5.06 Å². The zero-order chi connectivity index (χ0) is 13.2. The second-order valence-electron chi connectivity index (χ2n) is 4.96. The van der Waals surface area contributed by atoms with Gasteiger partial charge in [0, 0.05) is 24.9 Å². The number of esters is 1. The number of piperidine rings is 1. The van der Waals surface area contributed by atoms with Crippen molar-refractivity contribution in [2.75, 3.05) is 13.2 Å². The highest BCUT2D eigenvalue weighted by Gasteiger charge is 2.50. The number of hydrogen-bond acceptors (Lipinski definition) is 5. The average Bonchev–Trinajstić information content (AvgIpc) is 2.66. The molecule has 1 unspecified atom stereocenters. The van der Waals surface area contributed by atoms with Gasteiger partial charge in [-0.05, 0) is 31.4 Å². The Balaban J connectivity index is 1.85. The van der Waals surface area contributed by atoms with E-state index in [9.17, 15) is 4.79 Å². The minimum absolute atomic E-state index is 0.122. The van der Waals surface area contributed by atoms with Gasteiger partial charge in [-0.3, -0.25) is 9.82 Å². The van der Waals surface area contributed by atoms with Crippen LogP contribution in [0.3, 0.4) is 0 Å². The van der Waals surface area contributed by atoms with Crippen LogP contribution in [0.5, 0.6) is 0 Å². The first kappa shape index (κ1) is 12.6. The number of hydrogen-bond donors (Lipinski definition) is 0. The summed E-state index contributed by atoms with van der Waals surface area (Å²) in [6.07, 6.45) is 5.18. The molecule has 0 N–H and O–H groups in total. The quantitative estimate of drug-likeness (QED) is 0.776. The molecular weight excluding hydrogens is 244 g/mol. The maximum atomic E-state index is 12.0. The number of nitrogens with zero attached hydrogens (tertiary/aromatic N) is 2. The van der Waals surface area contributed by atoms with Gasteiger partial charge in [0.15, 0.2) is 6.10 Å². The lowest BCUT2D eigenvalue weighted by Crippen LogP contribution is -2.32. The Morgan fingerprint density at radius 1 is 1.63 bits per heavy atom. The highest BCUT2D eigenvalue weighted by atomic mass is 16.7. The molecule has 2 aliphatic rings. The van der Waals surface area contributed by atoms with E-state index in [0.29, 0.717) is 6.61 Å². The summed E-state index contributed by atoms with van der Waals surface area (Å²) in [5.41, 5.74) is 1.11. The fourth-order valence-electron chi connectivity index (χ4n) is 3.06. The minimum Gasteiger partial charge on any atom is -0.464 e. The van der Waals surface area contributed by atoms with Gasteiger partial charge in [-0.15, -0.1) is 0 Å². The van der Waals surface area contributed by atoms with Crippen molar-refractivity contribution >= 4 is 5.97 Å². The second kappa shape index (κ2) is 5.27. The topological polar surface area (TPSA) is 51.7 Å². The molecule has 102 valence electrons. The van der Waals surface area contributed by atoms with Gasteiger partial charge in [0.1, 0.15) is 0 Å². The maximum Gasteiger partial charge on any atom is 0.337 e. The van der Waals surface area contributed by atoms with Gasteiger partial charge in [0.25, 0.3) is 0 Å². The predicted octanol–water partition coefficient (Wildman–Crippen LogP) is 1.71. The normalized spacial score (nSPS) is 33.1. The van der Waals surface area contributed by atoms with Crippen molar-refractivity contribution in [2.24, 2.45) is 5.92 Å². The lowest BCUT2D eigenvalue weighted by molar-refractivity contribution is -0.188. The molecule has 2 fully saturated rings. The molecule has 0 saturated carbocycles. The molecule has 5 heteroatoms. The van der Waals surface area contributed by atoms with Crippen LogP contribution < -0.4 is 0 Å². The summed E-state index contributed by atoms with van der Waals surface area (Å²) in [5, 5.41) is 1.92. The summed E-state index contributed by atoms with van der Waals surface area (Å²) >= 11 is 0. The molecular formula is C14H18N2O3. The zero-order valence-corrected chi connectivity index (χ0v) is 11.0. The first-order valence-corrected chi connectivity index (χ1v) is 6.81. The Kier molecular flexibility index (Phi) is 3.48. The molecule has 3 rings (SSSR count). The van der Waals surface area contributed by atoms with Crippen LogP contribution in [0.25, 0.3) is 0 Å². The highest BCUT2D eigenvalue weighted by molar-refractivity contribution is 5.75. The molecule has 0 radical (unpaired) electrons. The summed E-state index contributed by atoms with van der Waals surface area (Å²) in [6.45, 7) is 3.06. The van der Waals surface area contributed by atoms with Crippen LogP contribution >= 0.6 is 0 Å². The number of carbonyl (C=O) groups is 1. The summed E-state index contributed by atoms with van der Waals surface area (Å²) < 4.78 is 5.11. The van der Waals surface area contributed by atoms with Crippen LogP contribution in [-0.2, 0) is 14.4 Å². The lowest BCUT2D eigenvalue weighted by atomic mass is 9.84. The fraction of sp³-hybridized carbons (Fsp3) is 0.571. The molecule has 3 heterocycles. The van der Waals surface area contributed by atoms with Crippen molar-refractivity contribution in [3.05, 3.63) is 30.1 Å². The third-order valence-corrected chi connectivity index (χ3v) is 3.81. The van der Waals surface area contributed by atoms with Gasteiger partial charge in [-0.25, -0.2) is 4.79 Å². The molecule has 0 spiro atoms. The number of rotatable bonds is 3. The van der Waals surface area contributed by atoms with E-state index in [1.165, 1.54) is 0 Å². The van der Waals surface area contributed by atoms with Gasteiger partial charge in [-0.1, -0.05) is 6.07 Å². The van der Waals surface area contributed by atoms with Crippen LogP contribution in [0.4, 0.5) is 0 Å². The summed E-state index contributed by atoms with van der Waals surface area (Å²) in [4.78, 5) is 21.9. The number of aromatic nitrogens is 1. The molecule has 2 saturated heterocycles. The summed E-state index contributed by atoms with van der Waals surface area (Å²) in [7, 11) is 0. The maximum absolute atomic E-state index is 12.0. The van der Waals surface area contributed by atoms with E-state index in [2.05, 4.69) is 4.98 Å². The standard InChI is InChI=1S/C14H18N2O3/c1-2-18-14(17)13-11-6-4-8-16(19-13)12(11)10-5-3-7-15-9-10/h3,5,7,9,11-13H,2,4,6,8H2,1H3/t11-,12-,13+/m0/s1. The van der Waals surface area contributed by atoms with E-state index in [0.717, 1.165) is 24.9 Å². The molecule has 1 aromatic heterocycles. The van der Waals surface area contributed by atoms with Gasteiger partial charge >= 0.3 is 5.97 Å². The van der Waals surface area contributed by atoms with Gasteiger partial charge in [0.05, 0.1) is 12.6 Å². The van der Waals surface area contributed by atoms with Crippen molar-refractivity contribution in [1.29, 1.82) is 0 Å². The Hall–Kier alpha value is -1.46. The molecule has 2 aliphatic heterocycles. The Morgan fingerprint density at radius 2 is 2.53 bits per heavy atom. The molecule has 0 amide bonds. The smallest absolute Gasteiger partial charge is 0.337 e. The monoisotopic (exact) mass is 262 g/mol.